The van der Waals surface area contributed by atoms with Gasteiger partial charge in [0.15, 0.2) is 5.65 Å². The molecule has 3 N–H and O–H groups in total. The molecule has 1 atom stereocenters. The lowest BCUT2D eigenvalue weighted by atomic mass is 10.1. The van der Waals surface area contributed by atoms with Crippen molar-refractivity contribution in [3.8, 4) is 6.07 Å². The zero-order valence-electron chi connectivity index (χ0n) is 17.1. The Morgan fingerprint density at radius 3 is 2.62 bits per heavy atom. The molecule has 160 valence electrons. The summed E-state index contributed by atoms with van der Waals surface area (Å²) in [5, 5.41) is 17.9. The minimum Gasteiger partial charge on any atom is -0.322 e. The van der Waals surface area contributed by atoms with E-state index in [2.05, 4.69) is 20.7 Å². The SMILES string of the molecule is CC(NCc1cc(=O)n2[nH]cc(C#N)c2n1)c1ccc(NC(=O)c2ccc(F)cc2)cc1. The van der Waals surface area contributed by atoms with Crippen LogP contribution in [0.3, 0.4) is 0 Å². The highest BCUT2D eigenvalue weighted by atomic mass is 19.1. The number of nitriles is 1. The molecule has 0 aliphatic rings. The monoisotopic (exact) mass is 430 g/mol. The molecule has 4 aromatic rings. The second kappa shape index (κ2) is 8.83. The summed E-state index contributed by atoms with van der Waals surface area (Å²) in [6.07, 6.45) is 1.44. The maximum absolute atomic E-state index is 13.0. The largest absolute Gasteiger partial charge is 0.322 e. The first kappa shape index (κ1) is 21.0. The van der Waals surface area contributed by atoms with Crippen molar-refractivity contribution in [3.63, 3.8) is 0 Å². The summed E-state index contributed by atoms with van der Waals surface area (Å²) in [6, 6.07) is 16.0. The molecular formula is C23H19FN6O2. The van der Waals surface area contributed by atoms with Crippen molar-refractivity contribution in [3.05, 3.63) is 99.3 Å². The predicted molar refractivity (Wildman–Crippen MR) is 117 cm³/mol. The number of hydrogen-bond acceptors (Lipinski definition) is 5. The van der Waals surface area contributed by atoms with E-state index in [-0.39, 0.29) is 17.5 Å². The third kappa shape index (κ3) is 4.40. The number of halogens is 1. The molecule has 2 aromatic carbocycles. The van der Waals surface area contributed by atoms with Gasteiger partial charge in [-0.2, -0.15) is 5.26 Å². The fourth-order valence-electron chi connectivity index (χ4n) is 3.24. The summed E-state index contributed by atoms with van der Waals surface area (Å²) < 4.78 is 14.2. The van der Waals surface area contributed by atoms with Gasteiger partial charge in [-0.1, -0.05) is 12.1 Å². The van der Waals surface area contributed by atoms with Gasteiger partial charge < -0.3 is 10.6 Å². The highest BCUT2D eigenvalue weighted by Gasteiger charge is 2.11. The molecule has 0 spiro atoms. The molecule has 0 fully saturated rings. The van der Waals surface area contributed by atoms with Crippen molar-refractivity contribution < 1.29 is 9.18 Å². The molecule has 0 radical (unpaired) electrons. The van der Waals surface area contributed by atoms with Gasteiger partial charge >= 0.3 is 0 Å². The average molecular weight is 430 g/mol. The van der Waals surface area contributed by atoms with E-state index in [1.165, 1.54) is 41.0 Å². The number of rotatable bonds is 6. The van der Waals surface area contributed by atoms with E-state index in [4.69, 9.17) is 5.26 Å². The van der Waals surface area contributed by atoms with Crippen LogP contribution in [0.4, 0.5) is 10.1 Å². The Labute approximate surface area is 182 Å². The lowest BCUT2D eigenvalue weighted by Gasteiger charge is -2.15. The third-order valence-electron chi connectivity index (χ3n) is 5.04. The molecule has 2 aromatic heterocycles. The van der Waals surface area contributed by atoms with E-state index in [1.807, 2.05) is 25.1 Å². The van der Waals surface area contributed by atoms with Crippen LogP contribution < -0.4 is 16.2 Å². The van der Waals surface area contributed by atoms with Crippen LogP contribution in [0.25, 0.3) is 5.65 Å². The van der Waals surface area contributed by atoms with Gasteiger partial charge in [0.1, 0.15) is 17.4 Å². The molecule has 0 aliphatic heterocycles. The van der Waals surface area contributed by atoms with Crippen molar-refractivity contribution in [1.29, 1.82) is 5.26 Å². The molecule has 0 bridgehead atoms. The molecule has 0 saturated heterocycles. The molecule has 8 nitrogen and oxygen atoms in total. The number of H-pyrrole nitrogens is 1. The highest BCUT2D eigenvalue weighted by molar-refractivity contribution is 6.04. The Morgan fingerprint density at radius 2 is 1.94 bits per heavy atom. The van der Waals surface area contributed by atoms with Crippen LogP contribution in [0.1, 0.15) is 40.1 Å². The third-order valence-corrected chi connectivity index (χ3v) is 5.04. The minimum atomic E-state index is -0.397. The number of nitrogens with zero attached hydrogens (tertiary/aromatic N) is 3. The molecule has 4 rings (SSSR count). The second-order valence-electron chi connectivity index (χ2n) is 7.23. The van der Waals surface area contributed by atoms with Crippen molar-refractivity contribution in [1.82, 2.24) is 19.9 Å². The van der Waals surface area contributed by atoms with E-state index < -0.39 is 5.82 Å². The van der Waals surface area contributed by atoms with Gasteiger partial charge in [0.2, 0.25) is 0 Å². The number of fused-ring (bicyclic) bond motifs is 1. The van der Waals surface area contributed by atoms with E-state index in [0.717, 1.165) is 5.56 Å². The number of amides is 1. The van der Waals surface area contributed by atoms with Crippen LogP contribution in [0, 0.1) is 17.1 Å². The van der Waals surface area contributed by atoms with Gasteiger partial charge in [-0.3, -0.25) is 14.7 Å². The summed E-state index contributed by atoms with van der Waals surface area (Å²) in [5.41, 5.74) is 2.80. The van der Waals surface area contributed by atoms with Gasteiger partial charge in [0.25, 0.3) is 11.5 Å². The normalized spacial score (nSPS) is 11.8. The summed E-state index contributed by atoms with van der Waals surface area (Å²) in [6.45, 7) is 2.31. The molecule has 2 heterocycles. The van der Waals surface area contributed by atoms with Crippen LogP contribution in [0.5, 0.6) is 0 Å². The Morgan fingerprint density at radius 1 is 1.22 bits per heavy atom. The Kier molecular flexibility index (Phi) is 5.79. The van der Waals surface area contributed by atoms with E-state index >= 15 is 0 Å². The van der Waals surface area contributed by atoms with Crippen molar-refractivity contribution in [2.45, 2.75) is 19.5 Å². The Bertz CT molecular complexity index is 1370. The molecule has 32 heavy (non-hydrogen) atoms. The minimum absolute atomic E-state index is 0.0567. The van der Waals surface area contributed by atoms with Crippen LogP contribution in [0.2, 0.25) is 0 Å². The number of benzene rings is 2. The molecule has 0 aliphatic carbocycles. The summed E-state index contributed by atoms with van der Waals surface area (Å²) in [5.74, 6) is -0.718. The number of carbonyl (C=O) groups excluding carboxylic acids is 1. The number of aromatic nitrogens is 3. The van der Waals surface area contributed by atoms with Crippen molar-refractivity contribution in [2.75, 3.05) is 5.32 Å². The van der Waals surface area contributed by atoms with Gasteiger partial charge in [0, 0.05) is 36.1 Å². The zero-order valence-corrected chi connectivity index (χ0v) is 17.1. The van der Waals surface area contributed by atoms with Crippen LogP contribution in [-0.4, -0.2) is 20.5 Å². The fraction of sp³-hybridized carbons (Fsp3) is 0.130. The van der Waals surface area contributed by atoms with E-state index in [1.54, 1.807) is 12.1 Å². The Hall–Kier alpha value is -4.29. The lowest BCUT2D eigenvalue weighted by Crippen LogP contribution is -2.22. The summed E-state index contributed by atoms with van der Waals surface area (Å²) >= 11 is 0. The summed E-state index contributed by atoms with van der Waals surface area (Å²) in [7, 11) is 0. The van der Waals surface area contributed by atoms with E-state index in [0.29, 0.717) is 34.7 Å². The Balaban J connectivity index is 1.40. The molecular weight excluding hydrogens is 411 g/mol. The average Bonchev–Trinajstić information content (AvgIpc) is 3.22. The van der Waals surface area contributed by atoms with E-state index in [9.17, 15) is 14.0 Å². The van der Waals surface area contributed by atoms with Gasteiger partial charge in [0.05, 0.1) is 5.69 Å². The topological polar surface area (TPSA) is 115 Å². The first-order valence-electron chi connectivity index (χ1n) is 9.85. The smallest absolute Gasteiger partial charge is 0.272 e. The molecule has 1 unspecified atom stereocenters. The van der Waals surface area contributed by atoms with Crippen LogP contribution in [-0.2, 0) is 6.54 Å². The quantitative estimate of drug-likeness (QED) is 0.435. The lowest BCUT2D eigenvalue weighted by molar-refractivity contribution is 0.102. The second-order valence-corrected chi connectivity index (χ2v) is 7.23. The first-order chi connectivity index (χ1) is 15.4. The summed E-state index contributed by atoms with van der Waals surface area (Å²) in [4.78, 5) is 28.8. The molecule has 1 amide bonds. The van der Waals surface area contributed by atoms with Gasteiger partial charge in [-0.25, -0.2) is 13.9 Å². The van der Waals surface area contributed by atoms with Gasteiger partial charge in [-0.15, -0.1) is 0 Å². The fourth-order valence-corrected chi connectivity index (χ4v) is 3.24. The molecule has 0 saturated carbocycles. The van der Waals surface area contributed by atoms with Crippen LogP contribution in [0.15, 0.2) is 65.6 Å². The predicted octanol–water partition coefficient (Wildman–Crippen LogP) is 3.14. The highest BCUT2D eigenvalue weighted by Crippen LogP contribution is 2.17. The van der Waals surface area contributed by atoms with Gasteiger partial charge in [-0.05, 0) is 48.9 Å². The number of carbonyl (C=O) groups is 1. The number of hydrogen-bond donors (Lipinski definition) is 3. The van der Waals surface area contributed by atoms with Crippen molar-refractivity contribution in [2.24, 2.45) is 0 Å². The standard InChI is InChI=1S/C23H19FN6O2/c1-14(26-13-20-10-21(31)30-22(28-20)17(11-25)12-27-30)15-4-8-19(9-5-15)29-23(32)16-2-6-18(24)7-3-16/h2-10,12,14,26-27H,13H2,1H3,(H,29,32). The molecule has 9 heteroatoms. The van der Waals surface area contributed by atoms with Crippen LogP contribution >= 0.6 is 0 Å². The maximum atomic E-state index is 13.0. The number of anilines is 1. The zero-order chi connectivity index (χ0) is 22.7. The van der Waals surface area contributed by atoms with Crippen molar-refractivity contribution >= 4 is 17.2 Å². The maximum Gasteiger partial charge on any atom is 0.272 e. The first-order valence-corrected chi connectivity index (χ1v) is 9.85. The number of nitrogens with one attached hydrogen (secondary N) is 3. The number of aromatic amines is 1.